The molecular formula is C24H42F3N3O4. The number of alkyl halides is 3. The third kappa shape index (κ3) is 12.4. The molecule has 198 valence electrons. The number of carbonyl (C=O) groups is 3. The van der Waals surface area contributed by atoms with Gasteiger partial charge in [0.1, 0.15) is 6.04 Å². The molecule has 2 atom stereocenters. The summed E-state index contributed by atoms with van der Waals surface area (Å²) in [5.74, 6) is -1.94. The first-order chi connectivity index (χ1) is 15.5. The summed E-state index contributed by atoms with van der Waals surface area (Å²) in [5, 5.41) is 11.5. The molecule has 0 aliphatic carbocycles. The highest BCUT2D eigenvalue weighted by molar-refractivity contribution is 5.90. The Morgan fingerprint density at radius 2 is 1.74 bits per heavy atom. The van der Waals surface area contributed by atoms with Gasteiger partial charge in [-0.1, -0.05) is 59.1 Å². The molecule has 0 bridgehead atoms. The summed E-state index contributed by atoms with van der Waals surface area (Å²) >= 11 is 0. The fourth-order valence-corrected chi connectivity index (χ4v) is 3.51. The molecule has 0 aromatic carbocycles. The van der Waals surface area contributed by atoms with Gasteiger partial charge in [0.25, 0.3) is 0 Å². The Kier molecular flexibility index (Phi) is 13.4. The van der Waals surface area contributed by atoms with E-state index < -0.39 is 48.0 Å². The smallest absolute Gasteiger partial charge is 0.401 e. The van der Waals surface area contributed by atoms with E-state index in [2.05, 4.69) is 19.2 Å². The van der Waals surface area contributed by atoms with Gasteiger partial charge < -0.3 is 15.3 Å². The molecule has 1 fully saturated rings. The largest absolute Gasteiger partial charge is 0.481 e. The molecular weight excluding hydrogens is 451 g/mol. The van der Waals surface area contributed by atoms with Gasteiger partial charge in [0, 0.05) is 13.6 Å². The second-order valence-corrected chi connectivity index (χ2v) is 9.95. The van der Waals surface area contributed by atoms with E-state index in [0.29, 0.717) is 24.8 Å². The van der Waals surface area contributed by atoms with Crippen molar-refractivity contribution >= 4 is 17.8 Å². The van der Waals surface area contributed by atoms with Crippen molar-refractivity contribution in [3.8, 4) is 0 Å². The monoisotopic (exact) mass is 493 g/mol. The highest BCUT2D eigenvalue weighted by Crippen LogP contribution is 2.26. The Labute approximate surface area is 201 Å². The first-order valence-electron chi connectivity index (χ1n) is 11.8. The fraction of sp³-hybridized carbons (Fsp3) is 0.792. The number of carboxylic acids is 1. The van der Waals surface area contributed by atoms with Crippen LogP contribution in [0, 0.1) is 5.41 Å². The molecule has 2 N–H and O–H groups in total. The van der Waals surface area contributed by atoms with Crippen molar-refractivity contribution in [3.63, 3.8) is 0 Å². The fourth-order valence-electron chi connectivity index (χ4n) is 3.51. The molecule has 1 aliphatic rings. The second-order valence-electron chi connectivity index (χ2n) is 9.95. The minimum Gasteiger partial charge on any atom is -0.481 e. The van der Waals surface area contributed by atoms with Crippen molar-refractivity contribution < 1.29 is 32.7 Å². The Morgan fingerprint density at radius 1 is 1.18 bits per heavy atom. The minimum absolute atomic E-state index is 0.141. The zero-order chi connectivity index (χ0) is 26.7. The zero-order valence-electron chi connectivity index (χ0n) is 21.6. The van der Waals surface area contributed by atoms with Gasteiger partial charge in [-0.2, -0.15) is 13.2 Å². The molecule has 0 aromatic heterocycles. The maximum atomic E-state index is 13.0. The normalized spacial score (nSPS) is 18.4. The van der Waals surface area contributed by atoms with Crippen LogP contribution in [0.1, 0.15) is 73.6 Å². The lowest BCUT2D eigenvalue weighted by atomic mass is 9.85. The maximum Gasteiger partial charge on any atom is 0.401 e. The van der Waals surface area contributed by atoms with Crippen LogP contribution < -0.4 is 5.32 Å². The quantitative estimate of drug-likeness (QED) is 0.494. The SMILES string of the molecule is C/C(=C\CN(C)C(=O)C(NC(=O)[C@H]1CCCCN1CC(F)(F)F)C(C)(C)C)CC(=O)O.CCC. The third-order valence-corrected chi connectivity index (χ3v) is 5.22. The van der Waals surface area contributed by atoms with E-state index in [-0.39, 0.29) is 19.5 Å². The number of nitrogens with zero attached hydrogens (tertiary/aromatic N) is 2. The predicted molar refractivity (Wildman–Crippen MR) is 126 cm³/mol. The van der Waals surface area contributed by atoms with Crippen LogP contribution in [0.2, 0.25) is 0 Å². The van der Waals surface area contributed by atoms with Crippen LogP contribution in [0.15, 0.2) is 11.6 Å². The zero-order valence-corrected chi connectivity index (χ0v) is 21.6. The third-order valence-electron chi connectivity index (χ3n) is 5.22. The molecule has 1 aliphatic heterocycles. The lowest BCUT2D eigenvalue weighted by molar-refractivity contribution is -0.159. The first-order valence-corrected chi connectivity index (χ1v) is 11.8. The summed E-state index contributed by atoms with van der Waals surface area (Å²) in [7, 11) is 1.54. The van der Waals surface area contributed by atoms with Crippen molar-refractivity contribution in [1.29, 1.82) is 0 Å². The standard InChI is InChI=1S/C21H34F3N3O4.C3H8/c1-14(12-16(28)29)9-11-26(5)19(31)17(20(2,3)4)25-18(30)15-8-6-7-10-27(15)13-21(22,23)24;1-3-2/h9,15,17H,6-8,10-13H2,1-5H3,(H,25,30)(H,28,29);3H2,1-2H3/b14-9+;/t15-,17?;/m1./s1. The second kappa shape index (κ2) is 14.3. The van der Waals surface area contributed by atoms with Crippen LogP contribution in [-0.4, -0.2) is 77.6 Å². The number of carbonyl (C=O) groups excluding carboxylic acids is 2. The van der Waals surface area contributed by atoms with Gasteiger partial charge in [-0.15, -0.1) is 0 Å². The molecule has 1 unspecified atom stereocenters. The van der Waals surface area contributed by atoms with Crippen molar-refractivity contribution in [2.45, 2.75) is 91.9 Å². The van der Waals surface area contributed by atoms with Gasteiger partial charge in [-0.3, -0.25) is 19.3 Å². The maximum absolute atomic E-state index is 13.0. The molecule has 2 amide bonds. The predicted octanol–water partition coefficient (Wildman–Crippen LogP) is 4.23. The number of hydrogen-bond donors (Lipinski definition) is 2. The number of rotatable bonds is 8. The summed E-state index contributed by atoms with van der Waals surface area (Å²) in [6, 6.07) is -1.87. The van der Waals surface area contributed by atoms with Crippen LogP contribution in [0.5, 0.6) is 0 Å². The van der Waals surface area contributed by atoms with E-state index in [4.69, 9.17) is 5.11 Å². The lowest BCUT2D eigenvalue weighted by Crippen LogP contribution is -2.59. The highest BCUT2D eigenvalue weighted by atomic mass is 19.4. The molecule has 7 nitrogen and oxygen atoms in total. The number of nitrogens with one attached hydrogen (secondary N) is 1. The van der Waals surface area contributed by atoms with Gasteiger partial charge in [0.15, 0.2) is 0 Å². The number of likely N-dealkylation sites (tertiary alicyclic amines) is 1. The van der Waals surface area contributed by atoms with Crippen molar-refractivity contribution in [1.82, 2.24) is 15.1 Å². The Balaban J connectivity index is 0.00000343. The molecule has 0 spiro atoms. The summed E-state index contributed by atoms with van der Waals surface area (Å²) < 4.78 is 38.7. The molecule has 1 heterocycles. The van der Waals surface area contributed by atoms with E-state index >= 15 is 0 Å². The number of amides is 2. The highest BCUT2D eigenvalue weighted by Gasteiger charge is 2.40. The van der Waals surface area contributed by atoms with Crippen LogP contribution in [0.3, 0.4) is 0 Å². The summed E-state index contributed by atoms with van der Waals surface area (Å²) in [6.45, 7) is 10.4. The number of carboxylic acid groups (broad SMARTS) is 1. The van der Waals surface area contributed by atoms with Gasteiger partial charge in [-0.25, -0.2) is 0 Å². The van der Waals surface area contributed by atoms with Gasteiger partial charge in [-0.05, 0) is 31.7 Å². The summed E-state index contributed by atoms with van der Waals surface area (Å²) in [5.41, 5.74) is -0.0850. The molecule has 34 heavy (non-hydrogen) atoms. The molecule has 10 heteroatoms. The number of piperidine rings is 1. The van der Waals surface area contributed by atoms with E-state index in [9.17, 15) is 27.6 Å². The van der Waals surface area contributed by atoms with Gasteiger partial charge in [0.2, 0.25) is 11.8 Å². The number of halogens is 3. The Hall–Kier alpha value is -2.10. The topological polar surface area (TPSA) is 90.0 Å². The van der Waals surface area contributed by atoms with E-state index in [1.165, 1.54) is 18.4 Å². The molecule has 0 radical (unpaired) electrons. The van der Waals surface area contributed by atoms with Crippen molar-refractivity contribution in [3.05, 3.63) is 11.6 Å². The minimum atomic E-state index is -4.41. The van der Waals surface area contributed by atoms with Crippen molar-refractivity contribution in [2.24, 2.45) is 5.41 Å². The van der Waals surface area contributed by atoms with Crippen LogP contribution in [-0.2, 0) is 14.4 Å². The van der Waals surface area contributed by atoms with E-state index in [1.807, 2.05) is 0 Å². The number of aliphatic carboxylic acids is 1. The number of hydrogen-bond acceptors (Lipinski definition) is 4. The van der Waals surface area contributed by atoms with Crippen LogP contribution >= 0.6 is 0 Å². The van der Waals surface area contributed by atoms with E-state index in [1.54, 1.807) is 33.8 Å². The Morgan fingerprint density at radius 3 is 2.21 bits per heavy atom. The van der Waals surface area contributed by atoms with Crippen LogP contribution in [0.4, 0.5) is 13.2 Å². The van der Waals surface area contributed by atoms with Gasteiger partial charge in [0.05, 0.1) is 19.0 Å². The first kappa shape index (κ1) is 31.9. The average Bonchev–Trinajstić information content (AvgIpc) is 2.68. The van der Waals surface area contributed by atoms with Gasteiger partial charge >= 0.3 is 12.1 Å². The molecule has 1 saturated heterocycles. The lowest BCUT2D eigenvalue weighted by Gasteiger charge is -2.38. The number of likely N-dealkylation sites (N-methyl/N-ethyl adjacent to an activating group) is 1. The van der Waals surface area contributed by atoms with E-state index in [0.717, 1.165) is 4.90 Å². The molecule has 0 aromatic rings. The summed E-state index contributed by atoms with van der Waals surface area (Å²) in [4.78, 5) is 39.2. The molecule has 1 rings (SSSR count). The average molecular weight is 494 g/mol. The van der Waals surface area contributed by atoms with Crippen molar-refractivity contribution in [2.75, 3.05) is 26.7 Å². The molecule has 0 saturated carbocycles. The van der Waals surface area contributed by atoms with Crippen LogP contribution in [0.25, 0.3) is 0 Å². The Bertz CT molecular complexity index is 703. The summed E-state index contributed by atoms with van der Waals surface area (Å²) in [6.07, 6.45) is -0.131.